The van der Waals surface area contributed by atoms with Gasteiger partial charge >= 0.3 is 0 Å². The Kier molecular flexibility index (Phi) is 3.65. The van der Waals surface area contributed by atoms with Gasteiger partial charge in [0.1, 0.15) is 5.82 Å². The van der Waals surface area contributed by atoms with Crippen molar-refractivity contribution in [2.45, 2.75) is 6.54 Å². The summed E-state index contributed by atoms with van der Waals surface area (Å²) >= 11 is 11.1. The fourth-order valence-corrected chi connectivity index (χ4v) is 2.58. The van der Waals surface area contributed by atoms with Crippen molar-refractivity contribution >= 4 is 34.9 Å². The molecule has 4 nitrogen and oxygen atoms in total. The van der Waals surface area contributed by atoms with E-state index in [9.17, 15) is 4.39 Å². The number of aromatic amines is 1. The number of hydrogen-bond acceptors (Lipinski definition) is 3. The fraction of sp³-hybridized carbons (Fsp3) is 0.143. The van der Waals surface area contributed by atoms with Crippen LogP contribution in [-0.2, 0) is 6.54 Å². The number of ether oxygens (including phenoxy) is 1. The van der Waals surface area contributed by atoms with Crippen LogP contribution in [0.3, 0.4) is 0 Å². The van der Waals surface area contributed by atoms with E-state index in [0.717, 1.165) is 11.1 Å². The van der Waals surface area contributed by atoms with Crippen LogP contribution in [0.1, 0.15) is 5.56 Å². The van der Waals surface area contributed by atoms with Crippen molar-refractivity contribution in [2.75, 3.05) is 7.11 Å². The van der Waals surface area contributed by atoms with Gasteiger partial charge in [-0.3, -0.25) is 0 Å². The molecule has 2 aromatic heterocycles. The maximum absolute atomic E-state index is 13.5. The number of H-pyrrole nitrogens is 1. The number of fused-ring (bicyclic) bond motifs is 1. The van der Waals surface area contributed by atoms with Gasteiger partial charge in [0.25, 0.3) is 0 Å². The normalized spacial score (nSPS) is 11.0. The molecule has 0 saturated carbocycles. The summed E-state index contributed by atoms with van der Waals surface area (Å²) in [5, 5.41) is 0.0672. The van der Waals surface area contributed by atoms with Crippen LogP contribution in [0.25, 0.3) is 11.0 Å². The third-order valence-electron chi connectivity index (χ3n) is 3.17. The Morgan fingerprint density at radius 1 is 1.43 bits per heavy atom. The second-order valence-electron chi connectivity index (χ2n) is 4.51. The molecule has 0 aliphatic heterocycles. The van der Waals surface area contributed by atoms with E-state index in [2.05, 4.69) is 9.97 Å². The number of benzene rings is 1. The largest absolute Gasteiger partial charge is 0.481 e. The lowest BCUT2D eigenvalue weighted by Gasteiger charge is -2.06. The summed E-state index contributed by atoms with van der Waals surface area (Å²) in [6.45, 7) is 0.514. The molecule has 0 atom stereocenters. The highest BCUT2D eigenvalue weighted by molar-refractivity contribution is 7.71. The van der Waals surface area contributed by atoms with E-state index in [1.165, 1.54) is 6.07 Å². The van der Waals surface area contributed by atoms with Crippen LogP contribution in [0.2, 0.25) is 5.02 Å². The van der Waals surface area contributed by atoms with Crippen molar-refractivity contribution in [1.82, 2.24) is 14.5 Å². The lowest BCUT2D eigenvalue weighted by molar-refractivity contribution is 0.397. The third kappa shape index (κ3) is 2.64. The van der Waals surface area contributed by atoms with Crippen molar-refractivity contribution in [1.29, 1.82) is 0 Å². The van der Waals surface area contributed by atoms with Crippen LogP contribution >= 0.6 is 23.8 Å². The van der Waals surface area contributed by atoms with Gasteiger partial charge < -0.3 is 14.3 Å². The van der Waals surface area contributed by atoms with Crippen LogP contribution in [-0.4, -0.2) is 21.6 Å². The second kappa shape index (κ2) is 5.46. The van der Waals surface area contributed by atoms with Gasteiger partial charge in [-0.25, -0.2) is 9.37 Å². The van der Waals surface area contributed by atoms with Gasteiger partial charge in [0.15, 0.2) is 4.77 Å². The standard InChI is InChI=1S/C14H11ClFN3OS/c1-20-13-4-8(2-3-17-13)7-19-12-5-9(15)10(16)6-11(12)18-14(19)21/h2-6H,7H2,1H3,(H,18,21). The van der Waals surface area contributed by atoms with E-state index in [1.54, 1.807) is 19.4 Å². The Hall–Kier alpha value is -1.92. The molecule has 0 radical (unpaired) electrons. The maximum atomic E-state index is 13.5. The Morgan fingerprint density at radius 3 is 3.00 bits per heavy atom. The summed E-state index contributed by atoms with van der Waals surface area (Å²) in [4.78, 5) is 7.04. The van der Waals surface area contributed by atoms with E-state index in [4.69, 9.17) is 28.6 Å². The van der Waals surface area contributed by atoms with Gasteiger partial charge in [0.2, 0.25) is 5.88 Å². The minimum absolute atomic E-state index is 0.0672. The summed E-state index contributed by atoms with van der Waals surface area (Å²) in [7, 11) is 1.56. The SMILES string of the molecule is COc1cc(Cn2c(=S)[nH]c3cc(F)c(Cl)cc32)ccn1. The number of imidazole rings is 1. The summed E-state index contributed by atoms with van der Waals surface area (Å²) in [5.41, 5.74) is 2.34. The average Bonchev–Trinajstić information content (AvgIpc) is 2.76. The smallest absolute Gasteiger partial charge is 0.213 e. The highest BCUT2D eigenvalue weighted by atomic mass is 35.5. The molecule has 7 heteroatoms. The number of pyridine rings is 1. The van der Waals surface area contributed by atoms with Crippen LogP contribution < -0.4 is 4.74 Å². The highest BCUT2D eigenvalue weighted by Gasteiger charge is 2.10. The zero-order valence-electron chi connectivity index (χ0n) is 11.1. The van der Waals surface area contributed by atoms with Crippen LogP contribution in [0.4, 0.5) is 4.39 Å². The first-order chi connectivity index (χ1) is 10.1. The Bertz CT molecular complexity index is 874. The van der Waals surface area contributed by atoms with Gasteiger partial charge in [-0.15, -0.1) is 0 Å². The minimum atomic E-state index is -0.474. The molecule has 0 saturated heterocycles. The predicted octanol–water partition coefficient (Wildman–Crippen LogP) is 3.94. The quantitative estimate of drug-likeness (QED) is 0.742. The van der Waals surface area contributed by atoms with E-state index in [-0.39, 0.29) is 5.02 Å². The molecule has 108 valence electrons. The highest BCUT2D eigenvalue weighted by Crippen LogP contribution is 2.23. The van der Waals surface area contributed by atoms with Crippen molar-refractivity contribution in [3.05, 3.63) is 51.6 Å². The van der Waals surface area contributed by atoms with E-state index in [0.29, 0.717) is 22.7 Å². The summed E-state index contributed by atoms with van der Waals surface area (Å²) in [6.07, 6.45) is 1.67. The van der Waals surface area contributed by atoms with Gasteiger partial charge in [-0.1, -0.05) is 11.6 Å². The average molecular weight is 324 g/mol. The summed E-state index contributed by atoms with van der Waals surface area (Å²) < 4.78 is 21.0. The second-order valence-corrected chi connectivity index (χ2v) is 5.30. The van der Waals surface area contributed by atoms with Crippen molar-refractivity contribution in [3.63, 3.8) is 0 Å². The molecule has 0 bridgehead atoms. The number of nitrogens with one attached hydrogen (secondary N) is 1. The predicted molar refractivity (Wildman–Crippen MR) is 82.0 cm³/mol. The Balaban J connectivity index is 2.09. The molecule has 0 unspecified atom stereocenters. The molecule has 2 heterocycles. The molecule has 0 amide bonds. The first-order valence-electron chi connectivity index (χ1n) is 6.15. The van der Waals surface area contributed by atoms with Crippen LogP contribution in [0.15, 0.2) is 30.5 Å². The third-order valence-corrected chi connectivity index (χ3v) is 3.78. The number of methoxy groups -OCH3 is 1. The summed E-state index contributed by atoms with van der Waals surface area (Å²) in [5.74, 6) is 0.0566. The zero-order chi connectivity index (χ0) is 15.0. The van der Waals surface area contributed by atoms with Gasteiger partial charge in [-0.2, -0.15) is 0 Å². The number of hydrogen-bond donors (Lipinski definition) is 1. The van der Waals surface area contributed by atoms with Gasteiger partial charge in [0, 0.05) is 18.3 Å². The Labute approximate surface area is 130 Å². The fourth-order valence-electron chi connectivity index (χ4n) is 2.15. The monoisotopic (exact) mass is 323 g/mol. The molecule has 1 aromatic carbocycles. The Morgan fingerprint density at radius 2 is 2.24 bits per heavy atom. The molecule has 21 heavy (non-hydrogen) atoms. The number of nitrogens with zero attached hydrogens (tertiary/aromatic N) is 2. The maximum Gasteiger partial charge on any atom is 0.213 e. The number of halogens is 2. The van der Waals surface area contributed by atoms with Gasteiger partial charge in [0.05, 0.1) is 29.7 Å². The molecule has 0 spiro atoms. The molecule has 0 aliphatic rings. The lowest BCUT2D eigenvalue weighted by Crippen LogP contribution is -2.00. The summed E-state index contributed by atoms with van der Waals surface area (Å²) in [6, 6.07) is 6.61. The van der Waals surface area contributed by atoms with Crippen LogP contribution in [0, 0.1) is 10.6 Å². The topological polar surface area (TPSA) is 42.8 Å². The minimum Gasteiger partial charge on any atom is -0.481 e. The van der Waals surface area contributed by atoms with E-state index >= 15 is 0 Å². The van der Waals surface area contributed by atoms with E-state index < -0.39 is 5.82 Å². The molecule has 3 aromatic rings. The number of aromatic nitrogens is 3. The van der Waals surface area contributed by atoms with Crippen molar-refractivity contribution in [3.8, 4) is 5.88 Å². The molecule has 0 fully saturated rings. The van der Waals surface area contributed by atoms with Crippen molar-refractivity contribution < 1.29 is 9.13 Å². The molecule has 3 rings (SSSR count). The molecular weight excluding hydrogens is 313 g/mol. The van der Waals surface area contributed by atoms with E-state index in [1.807, 2.05) is 16.7 Å². The zero-order valence-corrected chi connectivity index (χ0v) is 12.6. The number of rotatable bonds is 3. The van der Waals surface area contributed by atoms with Crippen molar-refractivity contribution in [2.24, 2.45) is 0 Å². The first kappa shape index (κ1) is 14.0. The van der Waals surface area contributed by atoms with Crippen LogP contribution in [0.5, 0.6) is 5.88 Å². The molecule has 0 aliphatic carbocycles. The molecule has 1 N–H and O–H groups in total. The van der Waals surface area contributed by atoms with Gasteiger partial charge in [-0.05, 0) is 29.9 Å². The lowest BCUT2D eigenvalue weighted by atomic mass is 10.2. The molecular formula is C14H11ClFN3OS. The first-order valence-corrected chi connectivity index (χ1v) is 6.93.